The molecule has 0 saturated carbocycles. The summed E-state index contributed by atoms with van der Waals surface area (Å²) >= 11 is 0. The molecule has 2 amide bonds. The zero-order valence-electron chi connectivity index (χ0n) is 23.8. The van der Waals surface area contributed by atoms with Crippen LogP contribution in [0.15, 0.2) is 54.1 Å². The summed E-state index contributed by atoms with van der Waals surface area (Å²) in [5, 5.41) is 23.8. The van der Waals surface area contributed by atoms with Crippen LogP contribution >= 0.6 is 0 Å². The number of nitrogens with zero attached hydrogens (tertiary/aromatic N) is 1. The number of ether oxygens (including phenoxy) is 2. The molecule has 0 radical (unpaired) electrons. The first-order valence-corrected chi connectivity index (χ1v) is 14.4. The van der Waals surface area contributed by atoms with E-state index in [9.17, 15) is 24.6 Å². The number of fused-ring (bicyclic) bond motifs is 3. The van der Waals surface area contributed by atoms with Crippen molar-refractivity contribution in [3.8, 4) is 11.5 Å². The smallest absolute Gasteiger partial charge is 0.247 e. The molecule has 0 spiro atoms. The van der Waals surface area contributed by atoms with Crippen molar-refractivity contribution in [1.29, 1.82) is 0 Å². The number of aliphatic hydroxyl groups is 2. The number of benzene rings is 2. The van der Waals surface area contributed by atoms with E-state index in [4.69, 9.17) is 9.47 Å². The molecule has 4 atom stereocenters. The number of methoxy groups -OCH3 is 1. The highest BCUT2D eigenvalue weighted by molar-refractivity contribution is 5.96. The van der Waals surface area contributed by atoms with Crippen LogP contribution in [-0.4, -0.2) is 71.7 Å². The molecule has 0 saturated heterocycles. The van der Waals surface area contributed by atoms with Gasteiger partial charge in [0.05, 0.1) is 25.7 Å². The number of nitrogens with one attached hydrogen (secondary N) is 1. The third-order valence-corrected chi connectivity index (χ3v) is 7.78. The Kier molecular flexibility index (Phi) is 10.5. The lowest BCUT2D eigenvalue weighted by Gasteiger charge is -2.41. The third kappa shape index (κ3) is 6.80. The molecule has 0 unspecified atom stereocenters. The second kappa shape index (κ2) is 14.3. The van der Waals surface area contributed by atoms with Crippen molar-refractivity contribution < 1.29 is 34.1 Å². The Bertz CT molecular complexity index is 1250. The lowest BCUT2D eigenvalue weighted by atomic mass is 9.77. The Morgan fingerprint density at radius 1 is 1.12 bits per heavy atom. The molecule has 3 N–H and O–H groups in total. The van der Waals surface area contributed by atoms with Gasteiger partial charge in [-0.3, -0.25) is 14.4 Å². The van der Waals surface area contributed by atoms with E-state index in [0.29, 0.717) is 40.9 Å². The molecule has 9 heteroatoms. The summed E-state index contributed by atoms with van der Waals surface area (Å²) in [4.78, 5) is 40.5. The van der Waals surface area contributed by atoms with Crippen molar-refractivity contribution in [3.63, 3.8) is 0 Å². The second-order valence-corrected chi connectivity index (χ2v) is 10.6. The largest absolute Gasteiger partial charge is 0.493 e. The number of carbonyl (C=O) groups is 3. The zero-order valence-corrected chi connectivity index (χ0v) is 23.8. The maximum atomic E-state index is 13.7. The van der Waals surface area contributed by atoms with Crippen LogP contribution in [-0.2, 0) is 16.1 Å². The summed E-state index contributed by atoms with van der Waals surface area (Å²) in [6, 6.07) is 11.9. The van der Waals surface area contributed by atoms with Crippen molar-refractivity contribution in [2.45, 2.75) is 76.2 Å². The van der Waals surface area contributed by atoms with E-state index in [1.54, 1.807) is 23.1 Å². The summed E-state index contributed by atoms with van der Waals surface area (Å²) in [6.07, 6.45) is 5.56. The number of amides is 2. The van der Waals surface area contributed by atoms with Crippen molar-refractivity contribution in [3.05, 3.63) is 70.8 Å². The topological polar surface area (TPSA) is 125 Å². The molecule has 2 aromatic rings. The van der Waals surface area contributed by atoms with Crippen LogP contribution < -0.4 is 14.8 Å². The Labute approximate surface area is 241 Å². The van der Waals surface area contributed by atoms with Crippen LogP contribution in [0.25, 0.3) is 0 Å². The fourth-order valence-electron chi connectivity index (χ4n) is 5.72. The molecule has 0 aromatic heterocycles. The molecule has 41 heavy (non-hydrogen) atoms. The fourth-order valence-corrected chi connectivity index (χ4v) is 5.72. The number of hydrogen-bond donors (Lipinski definition) is 3. The van der Waals surface area contributed by atoms with Gasteiger partial charge in [-0.15, -0.1) is 0 Å². The second-order valence-electron chi connectivity index (χ2n) is 10.6. The van der Waals surface area contributed by atoms with Crippen LogP contribution in [0.4, 0.5) is 0 Å². The van der Waals surface area contributed by atoms with Crippen LogP contribution in [0, 0.1) is 0 Å². The summed E-state index contributed by atoms with van der Waals surface area (Å²) < 4.78 is 11.7. The SMILES string of the molecule is CCCCCCCC(=O)N(Cc1ccccc1)[C@@H]1C=C(C(=O)NCCO)[C@@H]2c3cc(C=O)cc(OC)c3O[C@@H]2[C@H]1O. The van der Waals surface area contributed by atoms with Crippen molar-refractivity contribution in [2.24, 2.45) is 0 Å². The molecule has 2 aliphatic rings. The van der Waals surface area contributed by atoms with E-state index in [1.165, 1.54) is 7.11 Å². The van der Waals surface area contributed by atoms with Crippen LogP contribution in [0.1, 0.15) is 72.9 Å². The standard InChI is InChI=1S/C32H40N2O7/c1-3-4-5-6-10-13-27(37)34(19-21-11-8-7-9-12-21)25-18-24(32(39)33-14-15-35)28-23-16-22(20-36)17-26(40-2)30(23)41-31(28)29(25)38/h7-9,11-12,16-18,20,25,28-29,31,35,38H,3-6,10,13-15,19H2,1-2H3,(H,33,39)/t25-,28+,29+,31+/m1/s1. The van der Waals surface area contributed by atoms with Gasteiger partial charge in [0.25, 0.3) is 0 Å². The van der Waals surface area contributed by atoms with Crippen LogP contribution in [0.2, 0.25) is 0 Å². The van der Waals surface area contributed by atoms with Gasteiger partial charge >= 0.3 is 0 Å². The van der Waals surface area contributed by atoms with Gasteiger partial charge in [0.2, 0.25) is 11.8 Å². The third-order valence-electron chi connectivity index (χ3n) is 7.78. The summed E-state index contributed by atoms with van der Waals surface area (Å²) in [5.74, 6) is -0.584. The average Bonchev–Trinajstić information content (AvgIpc) is 3.39. The first kappa shape index (κ1) is 30.3. The molecule has 0 bridgehead atoms. The Balaban J connectivity index is 1.74. The quantitative estimate of drug-likeness (QED) is 0.237. The van der Waals surface area contributed by atoms with E-state index in [-0.39, 0.29) is 25.6 Å². The molecule has 9 nitrogen and oxygen atoms in total. The predicted molar refractivity (Wildman–Crippen MR) is 154 cm³/mol. The van der Waals surface area contributed by atoms with E-state index in [2.05, 4.69) is 12.2 Å². The van der Waals surface area contributed by atoms with Gasteiger partial charge in [-0.1, -0.05) is 62.9 Å². The summed E-state index contributed by atoms with van der Waals surface area (Å²) in [6.45, 7) is 2.19. The van der Waals surface area contributed by atoms with Crippen molar-refractivity contribution >= 4 is 18.1 Å². The highest BCUT2D eigenvalue weighted by Gasteiger charge is 2.51. The number of aldehydes is 1. The van der Waals surface area contributed by atoms with E-state index < -0.39 is 30.1 Å². The molecule has 4 rings (SSSR count). The number of rotatable bonds is 14. The summed E-state index contributed by atoms with van der Waals surface area (Å²) in [5.41, 5.74) is 2.10. The van der Waals surface area contributed by atoms with Crippen LogP contribution in [0.5, 0.6) is 11.5 Å². The van der Waals surface area contributed by atoms with Gasteiger partial charge in [0, 0.05) is 36.2 Å². The Morgan fingerprint density at radius 3 is 2.56 bits per heavy atom. The minimum Gasteiger partial charge on any atom is -0.493 e. The first-order valence-electron chi connectivity index (χ1n) is 14.4. The zero-order chi connectivity index (χ0) is 29.4. The lowest BCUT2D eigenvalue weighted by molar-refractivity contribution is -0.138. The van der Waals surface area contributed by atoms with Gasteiger partial charge in [0.1, 0.15) is 18.5 Å². The molecular formula is C32H40N2O7. The molecule has 2 aromatic carbocycles. The molecule has 0 fully saturated rings. The minimum absolute atomic E-state index is 0.0383. The lowest BCUT2D eigenvalue weighted by Crippen LogP contribution is -2.55. The Morgan fingerprint density at radius 2 is 1.88 bits per heavy atom. The maximum Gasteiger partial charge on any atom is 0.247 e. The first-order chi connectivity index (χ1) is 19.9. The van der Waals surface area contributed by atoms with Crippen molar-refractivity contribution in [1.82, 2.24) is 10.2 Å². The van der Waals surface area contributed by atoms with Gasteiger partial charge < -0.3 is 29.9 Å². The normalized spacial score (nSPS) is 20.7. The number of hydrogen-bond acceptors (Lipinski definition) is 7. The van der Waals surface area contributed by atoms with Gasteiger partial charge in [0.15, 0.2) is 11.5 Å². The summed E-state index contributed by atoms with van der Waals surface area (Å²) in [7, 11) is 1.46. The molecule has 1 aliphatic carbocycles. The number of carbonyl (C=O) groups excluding carboxylic acids is 3. The minimum atomic E-state index is -1.17. The number of aliphatic hydroxyl groups excluding tert-OH is 2. The van der Waals surface area contributed by atoms with Gasteiger partial charge in [-0.25, -0.2) is 0 Å². The van der Waals surface area contributed by atoms with Gasteiger partial charge in [-0.2, -0.15) is 0 Å². The van der Waals surface area contributed by atoms with Crippen LogP contribution in [0.3, 0.4) is 0 Å². The molecule has 1 aliphatic heterocycles. The van der Waals surface area contributed by atoms with E-state index >= 15 is 0 Å². The van der Waals surface area contributed by atoms with Gasteiger partial charge in [-0.05, 0) is 30.2 Å². The highest BCUT2D eigenvalue weighted by atomic mass is 16.5. The fraction of sp³-hybridized carbons (Fsp3) is 0.469. The van der Waals surface area contributed by atoms with E-state index in [0.717, 1.165) is 37.7 Å². The molecular weight excluding hydrogens is 524 g/mol. The van der Waals surface area contributed by atoms with E-state index in [1.807, 2.05) is 30.3 Å². The molecule has 220 valence electrons. The van der Waals surface area contributed by atoms with Crippen molar-refractivity contribution in [2.75, 3.05) is 20.3 Å². The monoisotopic (exact) mass is 564 g/mol. The Hall–Kier alpha value is -3.69. The predicted octanol–water partition coefficient (Wildman–Crippen LogP) is 3.52. The maximum absolute atomic E-state index is 13.7. The highest BCUT2D eigenvalue weighted by Crippen LogP contribution is 2.51. The number of unbranched alkanes of at least 4 members (excludes halogenated alkanes) is 4. The molecule has 1 heterocycles. The average molecular weight is 565 g/mol.